The summed E-state index contributed by atoms with van der Waals surface area (Å²) in [7, 11) is 0. The molecule has 1 amide bonds. The van der Waals surface area contributed by atoms with Gasteiger partial charge in [0.25, 0.3) is 5.91 Å². The van der Waals surface area contributed by atoms with E-state index in [0.717, 1.165) is 39.4 Å². The minimum atomic E-state index is 0.0575. The van der Waals surface area contributed by atoms with Gasteiger partial charge in [-0.2, -0.15) is 0 Å². The van der Waals surface area contributed by atoms with Crippen molar-refractivity contribution in [3.63, 3.8) is 0 Å². The summed E-state index contributed by atoms with van der Waals surface area (Å²) in [6, 6.07) is 2.17. The van der Waals surface area contributed by atoms with E-state index in [4.69, 9.17) is 9.15 Å². The molecule has 1 aromatic rings. The molecule has 3 heterocycles. The smallest absolute Gasteiger partial charge is 0.257 e. The first kappa shape index (κ1) is 14.1. The third kappa shape index (κ3) is 2.77. The Bertz CT molecular complexity index is 485. The van der Waals surface area contributed by atoms with Crippen LogP contribution >= 0.6 is 15.9 Å². The molecule has 2 aliphatic rings. The fourth-order valence-electron chi connectivity index (χ4n) is 3.10. The summed E-state index contributed by atoms with van der Waals surface area (Å²) in [5.74, 6) is 0.550. The lowest BCUT2D eigenvalue weighted by molar-refractivity contribution is 0.0119. The SMILES string of the molecule is C[C@@H]1CN(C(=O)c2coc(Br)c2)C[C@@H]1N1CCOCC1. The van der Waals surface area contributed by atoms with Gasteiger partial charge in [0.2, 0.25) is 0 Å². The Labute approximate surface area is 127 Å². The number of hydrogen-bond donors (Lipinski definition) is 0. The molecule has 3 rings (SSSR count). The highest BCUT2D eigenvalue weighted by Crippen LogP contribution is 2.25. The van der Waals surface area contributed by atoms with Crippen molar-refractivity contribution in [2.24, 2.45) is 5.92 Å². The number of halogens is 1. The second-order valence-corrected chi connectivity index (χ2v) is 6.32. The first-order valence-electron chi connectivity index (χ1n) is 7.00. The summed E-state index contributed by atoms with van der Waals surface area (Å²) >= 11 is 3.24. The molecule has 6 heteroatoms. The van der Waals surface area contributed by atoms with Crippen molar-refractivity contribution in [1.82, 2.24) is 9.80 Å². The molecule has 1 aromatic heterocycles. The number of nitrogens with zero attached hydrogens (tertiary/aromatic N) is 2. The van der Waals surface area contributed by atoms with E-state index < -0.39 is 0 Å². The van der Waals surface area contributed by atoms with Gasteiger partial charge in [-0.05, 0) is 21.8 Å². The quantitative estimate of drug-likeness (QED) is 0.822. The molecule has 5 nitrogen and oxygen atoms in total. The van der Waals surface area contributed by atoms with E-state index in [1.54, 1.807) is 6.07 Å². The topological polar surface area (TPSA) is 45.9 Å². The van der Waals surface area contributed by atoms with Gasteiger partial charge in [-0.1, -0.05) is 6.92 Å². The van der Waals surface area contributed by atoms with Crippen LogP contribution in [0.4, 0.5) is 0 Å². The third-order valence-electron chi connectivity index (χ3n) is 4.19. The van der Waals surface area contributed by atoms with Crippen LogP contribution in [0.1, 0.15) is 17.3 Å². The molecule has 0 spiro atoms. The zero-order chi connectivity index (χ0) is 14.1. The molecule has 2 atom stereocenters. The zero-order valence-corrected chi connectivity index (χ0v) is 13.1. The summed E-state index contributed by atoms with van der Waals surface area (Å²) in [5, 5.41) is 0. The number of ether oxygens (including phenoxy) is 1. The van der Waals surface area contributed by atoms with Gasteiger partial charge in [0.05, 0.1) is 18.8 Å². The van der Waals surface area contributed by atoms with Crippen LogP contribution in [0.25, 0.3) is 0 Å². The number of likely N-dealkylation sites (tertiary alicyclic amines) is 1. The van der Waals surface area contributed by atoms with Crippen molar-refractivity contribution in [1.29, 1.82) is 0 Å². The van der Waals surface area contributed by atoms with Crippen LogP contribution in [0.2, 0.25) is 0 Å². The normalized spacial score (nSPS) is 28.0. The maximum atomic E-state index is 12.4. The molecule has 0 saturated carbocycles. The molecular formula is C14H19BrN2O3. The van der Waals surface area contributed by atoms with Gasteiger partial charge < -0.3 is 14.1 Å². The van der Waals surface area contributed by atoms with Crippen molar-refractivity contribution >= 4 is 21.8 Å². The lowest BCUT2D eigenvalue weighted by atomic mass is 10.0. The van der Waals surface area contributed by atoms with Crippen LogP contribution in [-0.2, 0) is 4.74 Å². The molecule has 2 aliphatic heterocycles. The largest absolute Gasteiger partial charge is 0.457 e. The molecule has 0 N–H and O–H groups in total. The highest BCUT2D eigenvalue weighted by Gasteiger charge is 2.37. The highest BCUT2D eigenvalue weighted by molar-refractivity contribution is 9.10. The van der Waals surface area contributed by atoms with Crippen LogP contribution in [0.5, 0.6) is 0 Å². The summed E-state index contributed by atoms with van der Waals surface area (Å²) in [6.07, 6.45) is 1.51. The Morgan fingerprint density at radius 2 is 2.10 bits per heavy atom. The van der Waals surface area contributed by atoms with Crippen LogP contribution in [0.3, 0.4) is 0 Å². The predicted octanol–water partition coefficient (Wildman–Crippen LogP) is 1.83. The Morgan fingerprint density at radius 3 is 2.75 bits per heavy atom. The lowest BCUT2D eigenvalue weighted by Gasteiger charge is -2.33. The molecule has 0 unspecified atom stereocenters. The second-order valence-electron chi connectivity index (χ2n) is 5.54. The average Bonchev–Trinajstić information content (AvgIpc) is 3.05. The standard InChI is InChI=1S/C14H19BrN2O3/c1-10-7-17(14(18)11-6-13(15)20-9-11)8-12(10)16-2-4-19-5-3-16/h6,9-10,12H,2-5,7-8H2,1H3/t10-,12+/m1/s1. The van der Waals surface area contributed by atoms with Crippen LogP contribution in [-0.4, -0.2) is 61.1 Å². The van der Waals surface area contributed by atoms with E-state index >= 15 is 0 Å². The fourth-order valence-corrected chi connectivity index (χ4v) is 3.44. The summed E-state index contributed by atoms with van der Waals surface area (Å²) in [4.78, 5) is 16.8. The monoisotopic (exact) mass is 342 g/mol. The molecule has 0 radical (unpaired) electrons. The van der Waals surface area contributed by atoms with Gasteiger partial charge in [-0.3, -0.25) is 9.69 Å². The summed E-state index contributed by atoms with van der Waals surface area (Å²) in [5.41, 5.74) is 0.617. The van der Waals surface area contributed by atoms with Crippen molar-refractivity contribution < 1.29 is 13.9 Å². The molecule has 110 valence electrons. The molecule has 20 heavy (non-hydrogen) atoms. The van der Waals surface area contributed by atoms with E-state index in [1.807, 2.05) is 4.90 Å². The predicted molar refractivity (Wildman–Crippen MR) is 77.7 cm³/mol. The van der Waals surface area contributed by atoms with Gasteiger partial charge in [-0.15, -0.1) is 0 Å². The number of carbonyl (C=O) groups is 1. The summed E-state index contributed by atoms with van der Waals surface area (Å²) in [6.45, 7) is 7.35. The van der Waals surface area contributed by atoms with Crippen LogP contribution in [0.15, 0.2) is 21.4 Å². The van der Waals surface area contributed by atoms with E-state index in [9.17, 15) is 4.79 Å². The Morgan fingerprint density at radius 1 is 1.35 bits per heavy atom. The Hall–Kier alpha value is -0.850. The van der Waals surface area contributed by atoms with Gasteiger partial charge in [0.15, 0.2) is 4.67 Å². The minimum Gasteiger partial charge on any atom is -0.457 e. The molecule has 0 aliphatic carbocycles. The van der Waals surface area contributed by atoms with Gasteiger partial charge in [0.1, 0.15) is 6.26 Å². The highest BCUT2D eigenvalue weighted by atomic mass is 79.9. The van der Waals surface area contributed by atoms with E-state index in [2.05, 4.69) is 27.8 Å². The van der Waals surface area contributed by atoms with E-state index in [0.29, 0.717) is 22.2 Å². The first-order chi connectivity index (χ1) is 9.65. The zero-order valence-electron chi connectivity index (χ0n) is 11.5. The molecule has 0 aromatic carbocycles. The van der Waals surface area contributed by atoms with Crippen LogP contribution in [0, 0.1) is 5.92 Å². The van der Waals surface area contributed by atoms with E-state index in [-0.39, 0.29) is 5.91 Å². The van der Waals surface area contributed by atoms with E-state index in [1.165, 1.54) is 6.26 Å². The van der Waals surface area contributed by atoms with Crippen molar-refractivity contribution in [2.45, 2.75) is 13.0 Å². The van der Waals surface area contributed by atoms with Crippen molar-refractivity contribution in [2.75, 3.05) is 39.4 Å². The maximum Gasteiger partial charge on any atom is 0.257 e. The lowest BCUT2D eigenvalue weighted by Crippen LogP contribution is -2.47. The average molecular weight is 343 g/mol. The molecule has 2 saturated heterocycles. The number of carbonyl (C=O) groups excluding carboxylic acids is 1. The number of hydrogen-bond acceptors (Lipinski definition) is 4. The molecule has 0 bridgehead atoms. The third-order valence-corrected chi connectivity index (χ3v) is 4.60. The van der Waals surface area contributed by atoms with Crippen molar-refractivity contribution in [3.8, 4) is 0 Å². The summed E-state index contributed by atoms with van der Waals surface area (Å²) < 4.78 is 11.2. The van der Waals surface area contributed by atoms with Gasteiger partial charge in [0, 0.05) is 38.3 Å². The fraction of sp³-hybridized carbons (Fsp3) is 0.643. The van der Waals surface area contributed by atoms with Crippen molar-refractivity contribution in [3.05, 3.63) is 22.6 Å². The first-order valence-corrected chi connectivity index (χ1v) is 7.79. The Balaban J connectivity index is 1.66. The molecule has 2 fully saturated rings. The maximum absolute atomic E-state index is 12.4. The molecular weight excluding hydrogens is 324 g/mol. The van der Waals surface area contributed by atoms with Gasteiger partial charge in [-0.25, -0.2) is 0 Å². The van der Waals surface area contributed by atoms with Gasteiger partial charge >= 0.3 is 0 Å². The number of amides is 1. The Kier molecular flexibility index (Phi) is 4.14. The number of rotatable bonds is 2. The number of furan rings is 1. The number of morpholine rings is 1. The minimum absolute atomic E-state index is 0.0575. The van der Waals surface area contributed by atoms with Crippen LogP contribution < -0.4 is 0 Å². The second kappa shape index (κ2) is 5.87.